The summed E-state index contributed by atoms with van der Waals surface area (Å²) >= 11 is 3.56. The monoisotopic (exact) mass is 755 g/mol. The molecule has 0 amide bonds. The van der Waals surface area contributed by atoms with Crippen molar-refractivity contribution in [2.45, 2.75) is 89.8 Å². The summed E-state index contributed by atoms with van der Waals surface area (Å²) in [7, 11) is 0. The fraction of sp³-hybridized carbons (Fsp3) is 0.415. The minimum absolute atomic E-state index is 0.0102. The van der Waals surface area contributed by atoms with Gasteiger partial charge >= 0.3 is 11.9 Å². The summed E-state index contributed by atoms with van der Waals surface area (Å²) in [5.74, 6) is -0.253. The molecule has 51 heavy (non-hydrogen) atoms. The van der Waals surface area contributed by atoms with E-state index >= 15 is 0 Å². The number of esters is 2. The van der Waals surface area contributed by atoms with Gasteiger partial charge in [0.1, 0.15) is 11.1 Å². The van der Waals surface area contributed by atoms with Crippen LogP contribution in [0.1, 0.15) is 113 Å². The first-order chi connectivity index (χ1) is 24.7. The van der Waals surface area contributed by atoms with Crippen molar-refractivity contribution in [2.24, 2.45) is 11.7 Å². The summed E-state index contributed by atoms with van der Waals surface area (Å²) in [5.41, 5.74) is 11.3. The van der Waals surface area contributed by atoms with Crippen molar-refractivity contribution in [1.82, 2.24) is 9.13 Å². The molecular formula is C41H46BrN3O6. The van der Waals surface area contributed by atoms with E-state index in [0.717, 1.165) is 48.1 Å². The van der Waals surface area contributed by atoms with Gasteiger partial charge in [-0.05, 0) is 136 Å². The standard InChI is InChI=1S/C21H23NO3.C17H16BrNO3.C3H7N/c1-2-25-21(24)18-7-4-12-22(20(18)23)19-11-10-16-15(13-14-8-9-14)5-3-6-17(16)19;1-2-22-17(21)13-6-4-10-19(16(13)20)15-9-8-11-12(15)5-3-7-14(11)18;4-3-1-2-3/h3-7,12,14,19H,2,8-11,13H2,1H3;3-7,10,15H,2,8-9H2,1H3;3H,1-2,4H2. The Hall–Kier alpha value is -4.28. The zero-order valence-corrected chi connectivity index (χ0v) is 30.9. The van der Waals surface area contributed by atoms with E-state index in [1.807, 2.05) is 18.2 Å². The van der Waals surface area contributed by atoms with E-state index < -0.39 is 11.9 Å². The molecule has 0 radical (unpaired) electrons. The third kappa shape index (κ3) is 8.45. The topological polar surface area (TPSA) is 123 Å². The first-order valence-corrected chi connectivity index (χ1v) is 18.9. The number of ether oxygens (including phenoxy) is 2. The van der Waals surface area contributed by atoms with Crippen LogP contribution in [0.3, 0.4) is 0 Å². The second-order valence-electron chi connectivity index (χ2n) is 13.6. The van der Waals surface area contributed by atoms with Crippen molar-refractivity contribution in [1.29, 1.82) is 0 Å². The predicted molar refractivity (Wildman–Crippen MR) is 200 cm³/mol. The largest absolute Gasteiger partial charge is 0.462 e. The number of aromatic nitrogens is 2. The SMILES string of the molecule is CCOC(=O)c1cccn(C2CCc3c(Br)cccc32)c1=O.CCOC(=O)c1cccn(C2CCc3c(CC4CC4)cccc32)c1=O.NC1CC1. The van der Waals surface area contributed by atoms with Gasteiger partial charge in [0.2, 0.25) is 0 Å². The molecule has 2 aromatic carbocycles. The van der Waals surface area contributed by atoms with Crippen molar-refractivity contribution >= 4 is 27.9 Å². The zero-order valence-electron chi connectivity index (χ0n) is 29.3. The predicted octanol–water partition coefficient (Wildman–Crippen LogP) is 6.94. The molecule has 268 valence electrons. The summed E-state index contributed by atoms with van der Waals surface area (Å²) < 4.78 is 14.4. The van der Waals surface area contributed by atoms with Gasteiger partial charge in [-0.15, -0.1) is 0 Å². The third-order valence-corrected chi connectivity index (χ3v) is 10.7. The molecule has 0 bridgehead atoms. The summed E-state index contributed by atoms with van der Waals surface area (Å²) in [4.78, 5) is 49.3. The highest BCUT2D eigenvalue weighted by Gasteiger charge is 2.30. The molecule has 0 aliphatic heterocycles. The number of nitrogens with zero attached hydrogens (tertiary/aromatic N) is 2. The number of carbonyl (C=O) groups excluding carboxylic acids is 2. The number of benzene rings is 2. The molecule has 10 heteroatoms. The van der Waals surface area contributed by atoms with Crippen molar-refractivity contribution in [3.8, 4) is 0 Å². The Morgan fingerprint density at radius 3 is 1.69 bits per heavy atom. The first kappa shape index (κ1) is 36.5. The summed E-state index contributed by atoms with van der Waals surface area (Å²) in [6.45, 7) is 3.99. The lowest BCUT2D eigenvalue weighted by molar-refractivity contribution is 0.0513. The van der Waals surface area contributed by atoms with Crippen LogP contribution in [0.25, 0.3) is 0 Å². The van der Waals surface area contributed by atoms with Gasteiger partial charge in [0, 0.05) is 22.9 Å². The Morgan fingerprint density at radius 2 is 1.20 bits per heavy atom. The summed E-state index contributed by atoms with van der Waals surface area (Å²) in [5, 5.41) is 0. The van der Waals surface area contributed by atoms with Gasteiger partial charge in [-0.3, -0.25) is 9.59 Å². The minimum atomic E-state index is -0.561. The Morgan fingerprint density at radius 1 is 0.706 bits per heavy atom. The maximum Gasteiger partial charge on any atom is 0.343 e. The van der Waals surface area contributed by atoms with Crippen molar-refractivity contribution < 1.29 is 19.1 Å². The highest BCUT2D eigenvalue weighted by molar-refractivity contribution is 9.10. The zero-order chi connectivity index (χ0) is 36.1. The molecule has 2 unspecified atom stereocenters. The van der Waals surface area contributed by atoms with Crippen molar-refractivity contribution in [2.75, 3.05) is 13.2 Å². The summed E-state index contributed by atoms with van der Waals surface area (Å²) in [6.07, 6.45) is 13.6. The number of rotatable bonds is 8. The maximum atomic E-state index is 12.8. The van der Waals surface area contributed by atoms with Crippen LogP contribution >= 0.6 is 15.9 Å². The van der Waals surface area contributed by atoms with Gasteiger partial charge in [0.05, 0.1) is 25.3 Å². The highest BCUT2D eigenvalue weighted by Crippen LogP contribution is 2.40. The van der Waals surface area contributed by atoms with E-state index in [2.05, 4.69) is 34.1 Å². The molecule has 2 saturated carbocycles. The lowest BCUT2D eigenvalue weighted by Gasteiger charge is -2.17. The van der Waals surface area contributed by atoms with Crippen LogP contribution in [0.15, 0.2) is 87.1 Å². The number of hydrogen-bond acceptors (Lipinski definition) is 7. The van der Waals surface area contributed by atoms with Crippen LogP contribution in [0.4, 0.5) is 0 Å². The van der Waals surface area contributed by atoms with Crippen LogP contribution in [0.5, 0.6) is 0 Å². The van der Waals surface area contributed by atoms with Gasteiger partial charge in [-0.2, -0.15) is 0 Å². The molecule has 4 aliphatic carbocycles. The van der Waals surface area contributed by atoms with E-state index in [0.29, 0.717) is 6.04 Å². The lowest BCUT2D eigenvalue weighted by atomic mass is 9.98. The number of halogens is 1. The van der Waals surface area contributed by atoms with E-state index in [1.165, 1.54) is 54.0 Å². The second kappa shape index (κ2) is 16.4. The quantitative estimate of drug-likeness (QED) is 0.193. The van der Waals surface area contributed by atoms with Crippen LogP contribution in [0.2, 0.25) is 0 Å². The molecule has 2 fully saturated rings. The van der Waals surface area contributed by atoms with Crippen LogP contribution in [-0.2, 0) is 28.7 Å². The Kier molecular flexibility index (Phi) is 11.7. The molecule has 2 N–H and O–H groups in total. The molecule has 4 aromatic rings. The molecule has 4 aliphatic rings. The van der Waals surface area contributed by atoms with Crippen LogP contribution < -0.4 is 16.9 Å². The molecule has 2 atom stereocenters. The molecular weight excluding hydrogens is 710 g/mol. The van der Waals surface area contributed by atoms with Gasteiger partial charge < -0.3 is 24.3 Å². The van der Waals surface area contributed by atoms with E-state index in [9.17, 15) is 19.2 Å². The molecule has 8 rings (SSSR count). The molecule has 9 nitrogen and oxygen atoms in total. The van der Waals surface area contributed by atoms with Crippen molar-refractivity contribution in [3.05, 3.63) is 137 Å². The van der Waals surface area contributed by atoms with Gasteiger partial charge in [0.25, 0.3) is 11.1 Å². The fourth-order valence-corrected chi connectivity index (χ4v) is 7.61. The molecule has 2 aromatic heterocycles. The fourth-order valence-electron chi connectivity index (χ4n) is 7.03. The van der Waals surface area contributed by atoms with Gasteiger partial charge in [-0.25, -0.2) is 9.59 Å². The molecule has 0 spiro atoms. The average molecular weight is 757 g/mol. The van der Waals surface area contributed by atoms with Gasteiger partial charge in [0.15, 0.2) is 0 Å². The number of nitrogens with two attached hydrogens (primary N) is 1. The number of hydrogen-bond donors (Lipinski definition) is 1. The van der Waals surface area contributed by atoms with Gasteiger partial charge in [-0.1, -0.05) is 46.3 Å². The maximum absolute atomic E-state index is 12.8. The Labute approximate surface area is 306 Å². The van der Waals surface area contributed by atoms with Crippen LogP contribution in [0, 0.1) is 5.92 Å². The number of pyridine rings is 2. The van der Waals surface area contributed by atoms with E-state index in [-0.39, 0.29) is 47.5 Å². The smallest absolute Gasteiger partial charge is 0.343 e. The number of carbonyl (C=O) groups is 2. The van der Waals surface area contributed by atoms with E-state index in [4.69, 9.17) is 15.2 Å². The number of fused-ring (bicyclic) bond motifs is 2. The highest BCUT2D eigenvalue weighted by atomic mass is 79.9. The minimum Gasteiger partial charge on any atom is -0.462 e. The summed E-state index contributed by atoms with van der Waals surface area (Å²) in [6, 6.07) is 19.6. The lowest BCUT2D eigenvalue weighted by Crippen LogP contribution is -2.29. The Bertz CT molecular complexity index is 2010. The Balaban J connectivity index is 0.000000159. The first-order valence-electron chi connectivity index (χ1n) is 18.1. The van der Waals surface area contributed by atoms with Crippen molar-refractivity contribution in [3.63, 3.8) is 0 Å². The third-order valence-electron chi connectivity index (χ3n) is 9.96. The normalized spacial score (nSPS) is 18.4. The second-order valence-corrected chi connectivity index (χ2v) is 14.5. The average Bonchev–Trinajstić information content (AvgIpc) is 4.02. The van der Waals surface area contributed by atoms with E-state index in [1.54, 1.807) is 53.6 Å². The molecule has 0 saturated heterocycles. The van der Waals surface area contributed by atoms with Crippen LogP contribution in [-0.4, -0.2) is 40.3 Å². The molecule has 2 heterocycles.